The Kier molecular flexibility index (Phi) is 5.77. The second-order valence-corrected chi connectivity index (χ2v) is 8.60. The smallest absolute Gasteiger partial charge is 0.405 e. The minimum Gasteiger partial charge on any atom is -0.476 e. The summed E-state index contributed by atoms with van der Waals surface area (Å²) in [5, 5.41) is 10.8. The van der Waals surface area contributed by atoms with Gasteiger partial charge in [0.25, 0.3) is 12.3 Å². The highest BCUT2D eigenvalue weighted by atomic mass is 32.1. The number of thiazole rings is 1. The van der Waals surface area contributed by atoms with Crippen LogP contribution in [0, 0.1) is 0 Å². The third-order valence-electron chi connectivity index (χ3n) is 5.59. The Morgan fingerprint density at radius 2 is 1.84 bits per heavy atom. The normalized spacial score (nSPS) is 20.2. The summed E-state index contributed by atoms with van der Waals surface area (Å²) in [5.41, 5.74) is -1.17. The van der Waals surface area contributed by atoms with Gasteiger partial charge in [0.15, 0.2) is 0 Å². The SMILES string of the molecule is O=C(O)c1nc(C(=O)N2C3CCC2CC3)c(-c2cnc(NCC(F)(F)F)cc2C(F)F)s1. The molecule has 13 heteroatoms. The van der Waals surface area contributed by atoms with Gasteiger partial charge in [-0.25, -0.2) is 23.5 Å². The molecule has 0 aromatic carbocycles. The van der Waals surface area contributed by atoms with Crippen molar-refractivity contribution < 1.29 is 36.6 Å². The number of anilines is 1. The van der Waals surface area contributed by atoms with E-state index in [2.05, 4.69) is 9.97 Å². The molecule has 32 heavy (non-hydrogen) atoms. The molecule has 0 radical (unpaired) electrons. The molecule has 4 heterocycles. The molecule has 2 bridgehead atoms. The van der Waals surface area contributed by atoms with Crippen molar-refractivity contribution >= 4 is 29.0 Å². The number of aromatic carboxylic acids is 1. The Hall–Kier alpha value is -2.83. The number of hydrogen-bond donors (Lipinski definition) is 2. The van der Waals surface area contributed by atoms with E-state index in [0.29, 0.717) is 11.3 Å². The van der Waals surface area contributed by atoms with Crippen molar-refractivity contribution in [1.82, 2.24) is 14.9 Å². The lowest BCUT2D eigenvalue weighted by molar-refractivity contribution is -0.115. The summed E-state index contributed by atoms with van der Waals surface area (Å²) in [7, 11) is 0. The lowest BCUT2D eigenvalue weighted by Crippen LogP contribution is -2.35. The Balaban J connectivity index is 1.75. The predicted molar refractivity (Wildman–Crippen MR) is 104 cm³/mol. The molecular weight excluding hydrogens is 459 g/mol. The molecule has 2 fully saturated rings. The van der Waals surface area contributed by atoms with Crippen LogP contribution in [-0.2, 0) is 0 Å². The van der Waals surface area contributed by atoms with Gasteiger partial charge in [-0.3, -0.25) is 4.79 Å². The molecule has 0 spiro atoms. The van der Waals surface area contributed by atoms with Crippen molar-refractivity contribution in [2.45, 2.75) is 50.4 Å². The van der Waals surface area contributed by atoms with Crippen LogP contribution in [0.4, 0.5) is 27.8 Å². The van der Waals surface area contributed by atoms with E-state index in [1.54, 1.807) is 4.90 Å². The number of rotatable bonds is 6. The first-order chi connectivity index (χ1) is 15.0. The number of carboxylic acids is 1. The number of aromatic nitrogens is 2. The maximum atomic E-state index is 13.8. The average molecular weight is 476 g/mol. The zero-order chi connectivity index (χ0) is 23.2. The topological polar surface area (TPSA) is 95.4 Å². The minimum absolute atomic E-state index is 0.00281. The molecule has 2 aliphatic heterocycles. The molecule has 0 saturated carbocycles. The molecule has 4 rings (SSSR count). The van der Waals surface area contributed by atoms with Gasteiger partial charge in [0.05, 0.1) is 4.88 Å². The van der Waals surface area contributed by atoms with Gasteiger partial charge in [-0.05, 0) is 31.7 Å². The maximum Gasteiger partial charge on any atom is 0.405 e. The molecule has 2 aliphatic rings. The van der Waals surface area contributed by atoms with Crippen LogP contribution in [0.25, 0.3) is 10.4 Å². The Bertz CT molecular complexity index is 1040. The van der Waals surface area contributed by atoms with E-state index in [4.69, 9.17) is 0 Å². The largest absolute Gasteiger partial charge is 0.476 e. The van der Waals surface area contributed by atoms with Crippen LogP contribution in [0.1, 0.15) is 58.0 Å². The van der Waals surface area contributed by atoms with Gasteiger partial charge in [-0.2, -0.15) is 13.2 Å². The number of carboxylic acid groups (broad SMARTS) is 1. The first-order valence-corrected chi connectivity index (χ1v) is 10.5. The molecule has 2 saturated heterocycles. The van der Waals surface area contributed by atoms with Gasteiger partial charge in [0, 0.05) is 29.4 Å². The quantitative estimate of drug-likeness (QED) is 0.593. The summed E-state index contributed by atoms with van der Waals surface area (Å²) in [4.78, 5) is 33.9. The number of amides is 1. The molecule has 2 N–H and O–H groups in total. The van der Waals surface area contributed by atoms with E-state index in [9.17, 15) is 36.6 Å². The van der Waals surface area contributed by atoms with Gasteiger partial charge in [-0.15, -0.1) is 11.3 Å². The van der Waals surface area contributed by atoms with E-state index in [0.717, 1.165) is 37.9 Å². The number of hydrogen-bond acceptors (Lipinski definition) is 6. The fraction of sp³-hybridized carbons (Fsp3) is 0.474. The minimum atomic E-state index is -4.58. The molecule has 2 aromatic rings. The molecule has 0 atom stereocenters. The van der Waals surface area contributed by atoms with Crippen molar-refractivity contribution in [3.63, 3.8) is 0 Å². The second kappa shape index (κ2) is 8.26. The van der Waals surface area contributed by atoms with Crippen molar-refractivity contribution in [3.05, 3.63) is 28.5 Å². The van der Waals surface area contributed by atoms with Crippen LogP contribution in [0.3, 0.4) is 0 Å². The summed E-state index contributed by atoms with van der Waals surface area (Å²) >= 11 is 0.554. The molecule has 7 nitrogen and oxygen atoms in total. The number of alkyl halides is 5. The molecule has 0 unspecified atom stereocenters. The number of carbonyl (C=O) groups excluding carboxylic acids is 1. The van der Waals surface area contributed by atoms with Crippen LogP contribution in [0.15, 0.2) is 12.3 Å². The Morgan fingerprint density at radius 1 is 1.22 bits per heavy atom. The Labute approximate surface area is 182 Å². The van der Waals surface area contributed by atoms with Gasteiger partial charge in [-0.1, -0.05) is 0 Å². The van der Waals surface area contributed by atoms with E-state index in [1.165, 1.54) is 0 Å². The lowest BCUT2D eigenvalue weighted by Gasteiger charge is -2.21. The van der Waals surface area contributed by atoms with E-state index in [-0.39, 0.29) is 28.2 Å². The summed E-state index contributed by atoms with van der Waals surface area (Å²) in [5.74, 6) is -2.38. The summed E-state index contributed by atoms with van der Waals surface area (Å²) < 4.78 is 64.9. The molecule has 2 aromatic heterocycles. The van der Waals surface area contributed by atoms with Gasteiger partial charge >= 0.3 is 12.1 Å². The summed E-state index contributed by atoms with van der Waals surface area (Å²) in [6.07, 6.45) is -3.53. The molecule has 1 amide bonds. The number of carbonyl (C=O) groups is 2. The van der Waals surface area contributed by atoms with E-state index < -0.39 is 47.4 Å². The first-order valence-electron chi connectivity index (χ1n) is 9.71. The fourth-order valence-electron chi connectivity index (χ4n) is 4.23. The number of halogens is 5. The van der Waals surface area contributed by atoms with Crippen molar-refractivity contribution in [3.8, 4) is 10.4 Å². The number of fused-ring (bicyclic) bond motifs is 2. The zero-order valence-corrected chi connectivity index (χ0v) is 17.1. The van der Waals surface area contributed by atoms with Gasteiger partial charge < -0.3 is 15.3 Å². The van der Waals surface area contributed by atoms with Crippen LogP contribution in [0.5, 0.6) is 0 Å². The first kappa shape index (κ1) is 22.4. The summed E-state index contributed by atoms with van der Waals surface area (Å²) in [6.45, 7) is -1.47. The van der Waals surface area contributed by atoms with Gasteiger partial charge in [0.2, 0.25) is 5.01 Å². The van der Waals surface area contributed by atoms with Crippen LogP contribution >= 0.6 is 11.3 Å². The standard InChI is InChI=1S/C19H17F5N4O3S/c20-15(21)10-5-12(26-7-19(22,23)24)25-6-11(10)14-13(27-16(32-14)18(30)31)17(29)28-8-1-2-9(28)4-3-8/h5-6,8-9,15H,1-4,7H2,(H,25,26)(H,30,31). The average Bonchev–Trinajstić information content (AvgIpc) is 3.45. The highest BCUT2D eigenvalue weighted by molar-refractivity contribution is 7.17. The number of nitrogens with one attached hydrogen (secondary N) is 1. The highest BCUT2D eigenvalue weighted by Crippen LogP contribution is 2.42. The van der Waals surface area contributed by atoms with Crippen LogP contribution in [0.2, 0.25) is 0 Å². The number of pyridine rings is 1. The van der Waals surface area contributed by atoms with E-state index in [1.807, 2.05) is 5.32 Å². The maximum absolute atomic E-state index is 13.8. The molecule has 0 aliphatic carbocycles. The predicted octanol–water partition coefficient (Wildman–Crippen LogP) is 4.58. The molecule has 172 valence electrons. The van der Waals surface area contributed by atoms with E-state index >= 15 is 0 Å². The highest BCUT2D eigenvalue weighted by Gasteiger charge is 2.44. The second-order valence-electron chi connectivity index (χ2n) is 7.60. The summed E-state index contributed by atoms with van der Waals surface area (Å²) in [6, 6.07) is 0.758. The van der Waals surface area contributed by atoms with Crippen molar-refractivity contribution in [2.75, 3.05) is 11.9 Å². The Morgan fingerprint density at radius 3 is 2.38 bits per heavy atom. The molecular formula is C19H17F5N4O3S. The lowest BCUT2D eigenvalue weighted by atomic mass is 10.0. The third kappa shape index (κ3) is 4.25. The van der Waals surface area contributed by atoms with Crippen LogP contribution < -0.4 is 5.32 Å². The number of nitrogens with zero attached hydrogens (tertiary/aromatic N) is 3. The third-order valence-corrected chi connectivity index (χ3v) is 6.66. The fourth-order valence-corrected chi connectivity index (χ4v) is 5.16. The van der Waals surface area contributed by atoms with Crippen LogP contribution in [-0.4, -0.2) is 56.7 Å². The van der Waals surface area contributed by atoms with Gasteiger partial charge in [0.1, 0.15) is 18.1 Å². The monoisotopic (exact) mass is 476 g/mol. The van der Waals surface area contributed by atoms with Crippen molar-refractivity contribution in [2.24, 2.45) is 0 Å². The van der Waals surface area contributed by atoms with Crippen molar-refractivity contribution in [1.29, 1.82) is 0 Å². The zero-order valence-electron chi connectivity index (χ0n) is 16.3.